The predicted octanol–water partition coefficient (Wildman–Crippen LogP) is 2.97. The number of amides is 1. The van der Waals surface area contributed by atoms with Gasteiger partial charge in [0.2, 0.25) is 0 Å². The molecule has 7 heteroatoms. The number of aryl methyl sites for hydroxylation is 1. The van der Waals surface area contributed by atoms with Crippen molar-refractivity contribution < 1.29 is 19.4 Å². The van der Waals surface area contributed by atoms with Crippen molar-refractivity contribution in [3.05, 3.63) is 52.3 Å². The lowest BCUT2D eigenvalue weighted by Gasteiger charge is -2.25. The van der Waals surface area contributed by atoms with Crippen LogP contribution in [0.1, 0.15) is 28.7 Å². The molecule has 2 aromatic rings. The average molecular weight is 365 g/mol. The number of nitrogens with zero attached hydrogens (tertiary/aromatic N) is 1. The second-order valence-electron chi connectivity index (χ2n) is 6.12. The second-order valence-corrected chi connectivity index (χ2v) is 6.56. The molecule has 25 heavy (non-hydrogen) atoms. The van der Waals surface area contributed by atoms with E-state index in [1.54, 1.807) is 18.2 Å². The van der Waals surface area contributed by atoms with Crippen LogP contribution in [0.2, 0.25) is 5.02 Å². The highest BCUT2D eigenvalue weighted by molar-refractivity contribution is 6.30. The van der Waals surface area contributed by atoms with Crippen LogP contribution >= 0.6 is 11.6 Å². The van der Waals surface area contributed by atoms with Gasteiger partial charge in [0.25, 0.3) is 5.91 Å². The Labute approximate surface area is 151 Å². The Morgan fingerprint density at radius 2 is 1.88 bits per heavy atom. The molecule has 0 radical (unpaired) electrons. The lowest BCUT2D eigenvalue weighted by molar-refractivity contribution is -0.145. The Hall–Kier alpha value is -2.31. The summed E-state index contributed by atoms with van der Waals surface area (Å²) in [4.78, 5) is 24.1. The summed E-state index contributed by atoms with van der Waals surface area (Å²) < 4.78 is 6.85. The van der Waals surface area contributed by atoms with Gasteiger partial charge in [-0.25, -0.2) is 4.79 Å². The molecule has 2 rings (SSSR count). The van der Waals surface area contributed by atoms with Crippen molar-refractivity contribution in [2.24, 2.45) is 0 Å². The maximum Gasteiger partial charge on any atom is 0.331 e. The molecular formula is C18H21ClN2O4. The van der Waals surface area contributed by atoms with E-state index in [0.29, 0.717) is 16.3 Å². The highest BCUT2D eigenvalue weighted by Crippen LogP contribution is 2.23. The predicted molar refractivity (Wildman–Crippen MR) is 95.6 cm³/mol. The van der Waals surface area contributed by atoms with Gasteiger partial charge in [-0.2, -0.15) is 0 Å². The third-order valence-electron chi connectivity index (χ3n) is 4.06. The first-order chi connectivity index (χ1) is 11.7. The molecule has 1 aromatic heterocycles. The van der Waals surface area contributed by atoms with Crippen molar-refractivity contribution in [3.8, 4) is 5.69 Å². The van der Waals surface area contributed by atoms with Crippen molar-refractivity contribution in [1.82, 2.24) is 9.88 Å². The molecule has 0 bridgehead atoms. The number of carbonyl (C=O) groups is 2. The second kappa shape index (κ2) is 7.29. The van der Waals surface area contributed by atoms with Crippen molar-refractivity contribution in [2.75, 3.05) is 13.7 Å². The van der Waals surface area contributed by atoms with E-state index >= 15 is 0 Å². The zero-order valence-corrected chi connectivity index (χ0v) is 15.3. The summed E-state index contributed by atoms with van der Waals surface area (Å²) in [5.41, 5.74) is 1.35. The van der Waals surface area contributed by atoms with E-state index in [1.807, 2.05) is 30.5 Å². The molecule has 0 aliphatic rings. The number of carboxylic acid groups (broad SMARTS) is 1. The standard InChI is InChI=1S/C18H21ClN2O4/c1-11-9-15(16(22)20-18(3,10-25-4)17(23)24)12(2)21(11)14-7-5-13(19)6-8-14/h5-9H,10H2,1-4H3,(H,20,22)(H,23,24). The fourth-order valence-electron chi connectivity index (χ4n) is 2.74. The van der Waals surface area contributed by atoms with Crippen LogP contribution in [-0.2, 0) is 9.53 Å². The highest BCUT2D eigenvalue weighted by atomic mass is 35.5. The van der Waals surface area contributed by atoms with Crippen molar-refractivity contribution >= 4 is 23.5 Å². The highest BCUT2D eigenvalue weighted by Gasteiger charge is 2.36. The first-order valence-electron chi connectivity index (χ1n) is 7.69. The monoisotopic (exact) mass is 364 g/mol. The Kier molecular flexibility index (Phi) is 5.55. The minimum atomic E-state index is -1.51. The molecule has 0 fully saturated rings. The lowest BCUT2D eigenvalue weighted by atomic mass is 10.0. The summed E-state index contributed by atoms with van der Waals surface area (Å²) in [7, 11) is 1.39. The van der Waals surface area contributed by atoms with Crippen LogP contribution in [0.3, 0.4) is 0 Å². The van der Waals surface area contributed by atoms with E-state index in [4.69, 9.17) is 16.3 Å². The molecule has 0 aliphatic heterocycles. The van der Waals surface area contributed by atoms with Gasteiger partial charge in [-0.15, -0.1) is 0 Å². The van der Waals surface area contributed by atoms with E-state index in [9.17, 15) is 14.7 Å². The summed E-state index contributed by atoms with van der Waals surface area (Å²) in [6.07, 6.45) is 0. The van der Waals surface area contributed by atoms with Gasteiger partial charge in [0.15, 0.2) is 5.54 Å². The summed E-state index contributed by atoms with van der Waals surface area (Å²) in [6, 6.07) is 8.99. The van der Waals surface area contributed by atoms with E-state index < -0.39 is 17.4 Å². The number of carbonyl (C=O) groups excluding carboxylic acids is 1. The van der Waals surface area contributed by atoms with Gasteiger partial charge in [0.1, 0.15) is 0 Å². The third-order valence-corrected chi connectivity index (χ3v) is 4.31. The summed E-state index contributed by atoms with van der Waals surface area (Å²) in [5, 5.41) is 12.6. The largest absolute Gasteiger partial charge is 0.479 e. The summed E-state index contributed by atoms with van der Waals surface area (Å²) >= 11 is 5.93. The number of aliphatic carboxylic acids is 1. The van der Waals surface area contributed by atoms with Crippen LogP contribution in [0.25, 0.3) is 5.69 Å². The smallest absolute Gasteiger partial charge is 0.331 e. The molecule has 1 aromatic carbocycles. The molecule has 6 nitrogen and oxygen atoms in total. The quantitative estimate of drug-likeness (QED) is 0.825. The molecule has 2 N–H and O–H groups in total. The van der Waals surface area contributed by atoms with E-state index in [-0.39, 0.29) is 6.61 Å². The van der Waals surface area contributed by atoms with Gasteiger partial charge in [-0.3, -0.25) is 4.79 Å². The van der Waals surface area contributed by atoms with E-state index in [2.05, 4.69) is 5.32 Å². The summed E-state index contributed by atoms with van der Waals surface area (Å²) in [5.74, 6) is -1.62. The van der Waals surface area contributed by atoms with Gasteiger partial charge in [-0.1, -0.05) is 11.6 Å². The fraction of sp³-hybridized carbons (Fsp3) is 0.333. The molecule has 0 saturated carbocycles. The van der Waals surface area contributed by atoms with Crippen LogP contribution in [0, 0.1) is 13.8 Å². The van der Waals surface area contributed by atoms with Crippen LogP contribution < -0.4 is 5.32 Å². The summed E-state index contributed by atoms with van der Waals surface area (Å²) in [6.45, 7) is 4.97. The Bertz CT molecular complexity index is 798. The SMILES string of the molecule is COCC(C)(NC(=O)c1cc(C)n(-c2ccc(Cl)cc2)c1C)C(=O)O. The minimum absolute atomic E-state index is 0.135. The van der Waals surface area contributed by atoms with Gasteiger partial charge in [0, 0.05) is 29.2 Å². The topological polar surface area (TPSA) is 80.6 Å². The molecule has 1 amide bonds. The van der Waals surface area contributed by atoms with Crippen LogP contribution in [0.4, 0.5) is 0 Å². The number of rotatable bonds is 6. The van der Waals surface area contributed by atoms with Crippen LogP contribution in [0.5, 0.6) is 0 Å². The van der Waals surface area contributed by atoms with Gasteiger partial charge in [0.05, 0.1) is 12.2 Å². The van der Waals surface area contributed by atoms with Gasteiger partial charge >= 0.3 is 5.97 Å². The zero-order valence-electron chi connectivity index (χ0n) is 14.6. The molecule has 0 saturated heterocycles. The number of aromatic nitrogens is 1. The maximum absolute atomic E-state index is 12.6. The normalized spacial score (nSPS) is 13.3. The molecule has 1 unspecified atom stereocenters. The molecule has 1 atom stereocenters. The zero-order chi connectivity index (χ0) is 18.8. The van der Waals surface area contributed by atoms with Crippen LogP contribution in [-0.4, -0.2) is 40.8 Å². The first-order valence-corrected chi connectivity index (χ1v) is 8.07. The Morgan fingerprint density at radius 1 is 1.28 bits per heavy atom. The van der Waals surface area contributed by atoms with Crippen molar-refractivity contribution in [3.63, 3.8) is 0 Å². The maximum atomic E-state index is 12.6. The molecule has 0 spiro atoms. The van der Waals surface area contributed by atoms with Crippen molar-refractivity contribution in [1.29, 1.82) is 0 Å². The molecule has 1 heterocycles. The van der Waals surface area contributed by atoms with E-state index in [1.165, 1.54) is 14.0 Å². The molecule has 0 aliphatic carbocycles. The Morgan fingerprint density at radius 3 is 2.40 bits per heavy atom. The van der Waals surface area contributed by atoms with Crippen LogP contribution in [0.15, 0.2) is 30.3 Å². The third kappa shape index (κ3) is 3.86. The first kappa shape index (κ1) is 19.0. The molecular weight excluding hydrogens is 344 g/mol. The molecule has 134 valence electrons. The lowest BCUT2D eigenvalue weighted by Crippen LogP contribution is -2.55. The van der Waals surface area contributed by atoms with Crippen molar-refractivity contribution in [2.45, 2.75) is 26.3 Å². The number of halogens is 1. The number of ether oxygens (including phenoxy) is 1. The number of carboxylic acids is 1. The Balaban J connectivity index is 2.37. The number of methoxy groups -OCH3 is 1. The van der Waals surface area contributed by atoms with Gasteiger partial charge in [-0.05, 0) is 51.1 Å². The van der Waals surface area contributed by atoms with Gasteiger partial charge < -0.3 is 19.7 Å². The minimum Gasteiger partial charge on any atom is -0.479 e. The number of benzene rings is 1. The number of hydrogen-bond donors (Lipinski definition) is 2. The number of nitrogens with one attached hydrogen (secondary N) is 1. The average Bonchev–Trinajstić information content (AvgIpc) is 2.83. The number of hydrogen-bond acceptors (Lipinski definition) is 3. The fourth-order valence-corrected chi connectivity index (χ4v) is 2.86. The van der Waals surface area contributed by atoms with E-state index in [0.717, 1.165) is 11.4 Å².